The normalized spacial score (nSPS) is 19.0. The zero-order chi connectivity index (χ0) is 33.1. The molecular formula is C38H36N4O6. The van der Waals surface area contributed by atoms with Crippen molar-refractivity contribution in [2.24, 2.45) is 0 Å². The van der Waals surface area contributed by atoms with Crippen LogP contribution in [0.1, 0.15) is 28.7 Å². The predicted molar refractivity (Wildman–Crippen MR) is 180 cm³/mol. The number of hydrogen-bond donors (Lipinski definition) is 2. The quantitative estimate of drug-likeness (QED) is 0.178. The maximum atomic E-state index is 13.2. The van der Waals surface area contributed by atoms with Gasteiger partial charge in [0.15, 0.2) is 5.82 Å². The number of aliphatic hydroxyl groups is 1. The lowest BCUT2D eigenvalue weighted by atomic mass is 9.80. The minimum atomic E-state index is -1.07. The Morgan fingerprint density at radius 1 is 0.833 bits per heavy atom. The number of anilines is 1. The van der Waals surface area contributed by atoms with E-state index in [4.69, 9.17) is 18.9 Å². The zero-order valence-corrected chi connectivity index (χ0v) is 26.7. The van der Waals surface area contributed by atoms with Gasteiger partial charge >= 0.3 is 6.03 Å². The molecule has 3 heterocycles. The van der Waals surface area contributed by atoms with E-state index in [1.807, 2.05) is 115 Å². The molecule has 10 nitrogen and oxygen atoms in total. The van der Waals surface area contributed by atoms with E-state index in [0.717, 1.165) is 39.3 Å². The molecule has 2 aliphatic rings. The number of carbonyl (C=O) groups is 1. The Morgan fingerprint density at radius 2 is 1.42 bits per heavy atom. The largest absolute Gasteiger partial charge is 0.497 e. The summed E-state index contributed by atoms with van der Waals surface area (Å²) in [6.07, 6.45) is -2.04. The van der Waals surface area contributed by atoms with Crippen LogP contribution in [0.3, 0.4) is 0 Å². The number of ether oxygens (including phenoxy) is 4. The number of amides is 2. The molecule has 0 aliphatic carbocycles. The summed E-state index contributed by atoms with van der Waals surface area (Å²) in [5.74, 6) is 1.85. The molecule has 3 atom stereocenters. The van der Waals surface area contributed by atoms with Gasteiger partial charge in [-0.1, -0.05) is 84.9 Å². The molecule has 1 fully saturated rings. The van der Waals surface area contributed by atoms with Crippen molar-refractivity contribution in [3.8, 4) is 22.8 Å². The Bertz CT molecular complexity index is 1810. The molecule has 0 radical (unpaired) electrons. The fourth-order valence-electron chi connectivity index (χ4n) is 6.41. The average molecular weight is 645 g/mol. The molecule has 48 heavy (non-hydrogen) atoms. The van der Waals surface area contributed by atoms with E-state index in [9.17, 15) is 9.90 Å². The lowest BCUT2D eigenvalue weighted by Gasteiger charge is -2.37. The number of aliphatic hydroxyl groups excluding tert-OH is 1. The van der Waals surface area contributed by atoms with Gasteiger partial charge in [-0.3, -0.25) is 10.2 Å². The minimum absolute atomic E-state index is 0.0420. The van der Waals surface area contributed by atoms with E-state index >= 15 is 0 Å². The number of hydrogen-bond acceptors (Lipinski definition) is 8. The van der Waals surface area contributed by atoms with Crippen molar-refractivity contribution in [2.75, 3.05) is 26.1 Å². The van der Waals surface area contributed by atoms with Crippen LogP contribution in [0.5, 0.6) is 11.5 Å². The first-order chi connectivity index (χ1) is 23.5. The molecule has 0 spiro atoms. The Labute approximate surface area is 278 Å². The van der Waals surface area contributed by atoms with Gasteiger partial charge in [-0.25, -0.2) is 4.79 Å². The van der Waals surface area contributed by atoms with E-state index in [1.54, 1.807) is 19.1 Å². The molecule has 2 N–H and O–H groups in total. The number of rotatable bonds is 10. The van der Waals surface area contributed by atoms with Crippen molar-refractivity contribution in [3.05, 3.63) is 138 Å². The standard InChI is InChI=1S/C38H36N4O6/c1-45-30-17-13-28(14-18-30)38(27-11-7-4-8-12-27,29-15-19-31(46-2)20-16-29)47-24-34-33(43)22-35(48-34)42-23-26-21-32(25-9-5-3-6-10-25)40-41-36(26)39-37(42)44/h3-21,33-35,43H,22-24H2,1-2H3,(H,39,41,44)/t33-,34+,35+/m0/s1. The number of benzene rings is 4. The lowest BCUT2D eigenvalue weighted by Crippen LogP contribution is -2.46. The van der Waals surface area contributed by atoms with E-state index < -0.39 is 24.0 Å². The Hall–Kier alpha value is -5.29. The van der Waals surface area contributed by atoms with Crippen LogP contribution in [0.15, 0.2) is 115 Å². The van der Waals surface area contributed by atoms with Gasteiger partial charge in [0.25, 0.3) is 0 Å². The molecule has 0 unspecified atom stereocenters. The zero-order valence-electron chi connectivity index (χ0n) is 26.7. The molecule has 5 aromatic rings. The number of aromatic nitrogens is 2. The maximum Gasteiger partial charge on any atom is 0.325 e. The molecule has 0 bridgehead atoms. The summed E-state index contributed by atoms with van der Waals surface area (Å²) in [7, 11) is 3.26. The summed E-state index contributed by atoms with van der Waals surface area (Å²) in [6.45, 7) is 0.299. The number of carbonyl (C=O) groups excluding carboxylic acids is 1. The number of nitrogens with one attached hydrogen (secondary N) is 1. The second-order valence-electron chi connectivity index (χ2n) is 11.8. The molecule has 244 valence electrons. The summed E-state index contributed by atoms with van der Waals surface area (Å²) in [6, 6.07) is 36.8. The molecule has 2 aliphatic heterocycles. The number of urea groups is 1. The molecule has 1 aromatic heterocycles. The van der Waals surface area contributed by atoms with Crippen molar-refractivity contribution < 1.29 is 28.8 Å². The highest BCUT2D eigenvalue weighted by Crippen LogP contribution is 2.42. The molecule has 1 saturated heterocycles. The van der Waals surface area contributed by atoms with Crippen molar-refractivity contribution in [2.45, 2.75) is 37.0 Å². The Morgan fingerprint density at radius 3 is 2.02 bits per heavy atom. The fraction of sp³-hybridized carbons (Fsp3) is 0.237. The van der Waals surface area contributed by atoms with Gasteiger partial charge in [0.1, 0.15) is 29.4 Å². The first kappa shape index (κ1) is 31.3. The smallest absolute Gasteiger partial charge is 0.325 e. The van der Waals surface area contributed by atoms with Gasteiger partial charge < -0.3 is 24.1 Å². The molecule has 4 aromatic carbocycles. The fourth-order valence-corrected chi connectivity index (χ4v) is 6.41. The third kappa shape index (κ3) is 5.97. The van der Waals surface area contributed by atoms with Crippen LogP contribution < -0.4 is 14.8 Å². The molecule has 10 heteroatoms. The molecule has 2 amide bonds. The first-order valence-electron chi connectivity index (χ1n) is 15.8. The first-order valence-corrected chi connectivity index (χ1v) is 15.8. The Kier molecular flexibility index (Phi) is 8.77. The second kappa shape index (κ2) is 13.4. The molecular weight excluding hydrogens is 608 g/mol. The number of fused-ring (bicyclic) bond motifs is 1. The van der Waals surface area contributed by atoms with E-state index in [2.05, 4.69) is 15.5 Å². The number of nitrogens with zero attached hydrogens (tertiary/aromatic N) is 3. The van der Waals surface area contributed by atoms with Gasteiger partial charge in [0.05, 0.1) is 39.2 Å². The third-order valence-corrected chi connectivity index (χ3v) is 8.96. The average Bonchev–Trinajstić information content (AvgIpc) is 3.52. The summed E-state index contributed by atoms with van der Waals surface area (Å²) < 4.78 is 24.3. The monoisotopic (exact) mass is 644 g/mol. The summed E-state index contributed by atoms with van der Waals surface area (Å²) in [5, 5.41) is 22.7. The Balaban J connectivity index is 1.17. The van der Waals surface area contributed by atoms with Gasteiger partial charge in [-0.15, -0.1) is 10.2 Å². The van der Waals surface area contributed by atoms with Crippen LogP contribution in [0.4, 0.5) is 10.6 Å². The van der Waals surface area contributed by atoms with Crippen LogP contribution >= 0.6 is 0 Å². The summed E-state index contributed by atoms with van der Waals surface area (Å²) in [4.78, 5) is 14.8. The van der Waals surface area contributed by atoms with Gasteiger partial charge in [0.2, 0.25) is 0 Å². The summed E-state index contributed by atoms with van der Waals surface area (Å²) >= 11 is 0. The van der Waals surface area contributed by atoms with Crippen LogP contribution in [0, 0.1) is 0 Å². The lowest BCUT2D eigenvalue weighted by molar-refractivity contribution is -0.103. The predicted octanol–water partition coefficient (Wildman–Crippen LogP) is 5.99. The van der Waals surface area contributed by atoms with Crippen LogP contribution in [0.2, 0.25) is 0 Å². The van der Waals surface area contributed by atoms with Crippen molar-refractivity contribution in [1.29, 1.82) is 0 Å². The maximum absolute atomic E-state index is 13.2. The number of methoxy groups -OCH3 is 2. The van der Waals surface area contributed by atoms with E-state index in [0.29, 0.717) is 11.5 Å². The van der Waals surface area contributed by atoms with Gasteiger partial charge in [-0.2, -0.15) is 0 Å². The topological polar surface area (TPSA) is 115 Å². The van der Waals surface area contributed by atoms with Crippen molar-refractivity contribution in [3.63, 3.8) is 0 Å². The van der Waals surface area contributed by atoms with Crippen LogP contribution in [-0.4, -0.2) is 65.5 Å². The van der Waals surface area contributed by atoms with Gasteiger partial charge in [-0.05, 0) is 47.0 Å². The van der Waals surface area contributed by atoms with E-state index in [1.165, 1.54) is 0 Å². The van der Waals surface area contributed by atoms with Crippen molar-refractivity contribution in [1.82, 2.24) is 15.1 Å². The third-order valence-electron chi connectivity index (χ3n) is 8.96. The minimum Gasteiger partial charge on any atom is -0.497 e. The molecule has 7 rings (SSSR count). The highest BCUT2D eigenvalue weighted by Gasteiger charge is 2.44. The van der Waals surface area contributed by atoms with E-state index in [-0.39, 0.29) is 25.6 Å². The SMILES string of the molecule is COc1ccc(C(OC[C@H]2O[C@@H](N3Cc4cc(-c5ccccc5)nnc4NC3=O)C[C@@H]2O)(c2ccccc2)c2ccc(OC)cc2)cc1. The summed E-state index contributed by atoms with van der Waals surface area (Å²) in [5.41, 5.74) is 4.00. The second-order valence-corrected chi connectivity index (χ2v) is 11.8. The molecule has 0 saturated carbocycles. The highest BCUT2D eigenvalue weighted by molar-refractivity contribution is 5.91. The van der Waals surface area contributed by atoms with Crippen LogP contribution in [-0.2, 0) is 21.6 Å². The highest BCUT2D eigenvalue weighted by atomic mass is 16.6. The van der Waals surface area contributed by atoms with Crippen LogP contribution in [0.25, 0.3) is 11.3 Å². The van der Waals surface area contributed by atoms with Crippen molar-refractivity contribution >= 4 is 11.8 Å². The van der Waals surface area contributed by atoms with Gasteiger partial charge in [0, 0.05) is 17.5 Å².